The summed E-state index contributed by atoms with van der Waals surface area (Å²) in [5, 5.41) is 0. The first-order chi connectivity index (χ1) is 5.13. The minimum atomic E-state index is 0.109. The molecule has 1 rings (SSSR count). The van der Waals surface area contributed by atoms with Crippen molar-refractivity contribution in [2.45, 2.75) is 44.4 Å². The Morgan fingerprint density at radius 1 is 1.36 bits per heavy atom. The number of hydrazine groups is 1. The van der Waals surface area contributed by atoms with Crippen molar-refractivity contribution in [2.24, 2.45) is 17.6 Å². The Morgan fingerprint density at radius 3 is 2.18 bits per heavy atom. The Kier molecular flexibility index (Phi) is 5.06. The first-order valence-electron chi connectivity index (χ1n) is 4.15. The Labute approximate surface area is 74.2 Å². The number of nitrogens with two attached hydrogens (primary N) is 2. The molecule has 0 spiro atoms. The monoisotopic (exact) mass is 178 g/mol. The summed E-state index contributed by atoms with van der Waals surface area (Å²) in [5.41, 5.74) is 0. The van der Waals surface area contributed by atoms with Crippen molar-refractivity contribution >= 4 is 11.6 Å². The van der Waals surface area contributed by atoms with Crippen LogP contribution in [0.1, 0.15) is 39.5 Å². The highest BCUT2D eigenvalue weighted by atomic mass is 35.5. The quantitative estimate of drug-likeness (QED) is 0.339. The van der Waals surface area contributed by atoms with Crippen LogP contribution in [0.5, 0.6) is 0 Å². The van der Waals surface area contributed by atoms with E-state index in [4.69, 9.17) is 11.6 Å². The second kappa shape index (κ2) is 4.96. The van der Waals surface area contributed by atoms with Crippen LogP contribution in [0.25, 0.3) is 0 Å². The Hall–Kier alpha value is 0.210. The van der Waals surface area contributed by atoms with Crippen molar-refractivity contribution in [3.8, 4) is 0 Å². The van der Waals surface area contributed by atoms with Crippen LogP contribution < -0.4 is 11.7 Å². The Bertz CT molecular complexity index is 104. The molecule has 0 aliphatic heterocycles. The molecule has 1 aliphatic rings. The number of alkyl halides is 1. The van der Waals surface area contributed by atoms with Gasteiger partial charge in [-0.15, -0.1) is 11.6 Å². The predicted octanol–water partition coefficient (Wildman–Crippen LogP) is 2.01. The van der Waals surface area contributed by atoms with Crippen molar-refractivity contribution in [3.05, 3.63) is 0 Å². The molecule has 2 nitrogen and oxygen atoms in total. The molecular formula is C8H19ClN2. The second-order valence-electron chi connectivity index (χ2n) is 3.42. The van der Waals surface area contributed by atoms with Crippen LogP contribution >= 0.6 is 11.6 Å². The molecule has 0 aromatic heterocycles. The van der Waals surface area contributed by atoms with Crippen LogP contribution in [0.15, 0.2) is 0 Å². The van der Waals surface area contributed by atoms with Gasteiger partial charge in [-0.25, -0.2) is 0 Å². The Balaban J connectivity index is 0.000000461. The summed E-state index contributed by atoms with van der Waals surface area (Å²) < 4.78 is 0. The first-order valence-corrected chi connectivity index (χ1v) is 4.53. The van der Waals surface area contributed by atoms with Crippen molar-refractivity contribution in [1.29, 1.82) is 0 Å². The van der Waals surface area contributed by atoms with Gasteiger partial charge < -0.3 is 0 Å². The predicted molar refractivity (Wildman–Crippen MR) is 50.3 cm³/mol. The molecule has 1 aliphatic carbocycles. The van der Waals surface area contributed by atoms with Crippen LogP contribution in [-0.4, -0.2) is 4.87 Å². The zero-order valence-corrected chi connectivity index (χ0v) is 8.19. The normalized spacial score (nSPS) is 37.4. The zero-order valence-electron chi connectivity index (χ0n) is 7.44. The third-order valence-electron chi connectivity index (χ3n) is 2.58. The summed E-state index contributed by atoms with van der Waals surface area (Å²) in [5.74, 6) is 8.72. The van der Waals surface area contributed by atoms with Crippen LogP contribution in [0.2, 0.25) is 0 Å². The van der Waals surface area contributed by atoms with Gasteiger partial charge in [0.25, 0.3) is 0 Å². The van der Waals surface area contributed by atoms with E-state index >= 15 is 0 Å². The van der Waals surface area contributed by atoms with Crippen LogP contribution in [0, 0.1) is 5.92 Å². The first kappa shape index (κ1) is 11.2. The molecule has 0 heterocycles. The van der Waals surface area contributed by atoms with E-state index in [0.29, 0.717) is 5.92 Å². The van der Waals surface area contributed by atoms with Crippen molar-refractivity contribution in [3.63, 3.8) is 0 Å². The molecule has 0 aromatic carbocycles. The standard InChI is InChI=1S/C8H15Cl.H4N2/c1-7-5-3-4-6-8(7,2)9;1-2/h7H,3-6H2,1-2H3;1-2H2. The fraction of sp³-hybridized carbons (Fsp3) is 1.00. The molecule has 68 valence electrons. The second-order valence-corrected chi connectivity index (χ2v) is 4.29. The number of hydrogen-bond acceptors (Lipinski definition) is 2. The van der Waals surface area contributed by atoms with Gasteiger partial charge in [0, 0.05) is 4.87 Å². The SMILES string of the molecule is CC1CCCCC1(C)Cl.NN. The van der Waals surface area contributed by atoms with E-state index in [1.165, 1.54) is 25.7 Å². The maximum atomic E-state index is 6.22. The zero-order chi connectivity index (χ0) is 8.91. The van der Waals surface area contributed by atoms with E-state index < -0.39 is 0 Å². The summed E-state index contributed by atoms with van der Waals surface area (Å²) in [6, 6.07) is 0. The lowest BCUT2D eigenvalue weighted by Gasteiger charge is -2.33. The van der Waals surface area contributed by atoms with E-state index in [1.54, 1.807) is 0 Å². The van der Waals surface area contributed by atoms with Gasteiger partial charge in [-0.2, -0.15) is 0 Å². The lowest BCUT2D eigenvalue weighted by Crippen LogP contribution is -2.29. The van der Waals surface area contributed by atoms with Gasteiger partial charge in [-0.3, -0.25) is 11.7 Å². The molecule has 0 amide bonds. The molecule has 1 fully saturated rings. The van der Waals surface area contributed by atoms with Gasteiger partial charge in [0.2, 0.25) is 0 Å². The molecule has 0 saturated heterocycles. The number of hydrogen-bond donors (Lipinski definition) is 2. The van der Waals surface area contributed by atoms with Crippen LogP contribution in [-0.2, 0) is 0 Å². The molecule has 1 saturated carbocycles. The average molecular weight is 179 g/mol. The van der Waals surface area contributed by atoms with Crippen molar-refractivity contribution in [2.75, 3.05) is 0 Å². The lowest BCUT2D eigenvalue weighted by molar-refractivity contribution is 0.305. The molecule has 0 radical (unpaired) electrons. The largest absolute Gasteiger partial charge is 0.274 e. The minimum Gasteiger partial charge on any atom is -0.274 e. The third kappa shape index (κ3) is 3.41. The van der Waals surface area contributed by atoms with Gasteiger partial charge in [-0.05, 0) is 25.7 Å². The number of rotatable bonds is 0. The number of halogens is 1. The smallest absolute Gasteiger partial charge is 0.0444 e. The van der Waals surface area contributed by atoms with E-state index in [9.17, 15) is 0 Å². The Morgan fingerprint density at radius 2 is 1.91 bits per heavy atom. The van der Waals surface area contributed by atoms with E-state index in [0.717, 1.165) is 0 Å². The molecule has 0 aromatic rings. The fourth-order valence-electron chi connectivity index (χ4n) is 1.47. The molecule has 0 bridgehead atoms. The summed E-state index contributed by atoms with van der Waals surface area (Å²) in [6.45, 7) is 4.42. The highest BCUT2D eigenvalue weighted by molar-refractivity contribution is 6.23. The van der Waals surface area contributed by atoms with Crippen LogP contribution in [0.3, 0.4) is 0 Å². The average Bonchev–Trinajstić information content (AvgIpc) is 2.00. The van der Waals surface area contributed by atoms with Crippen molar-refractivity contribution < 1.29 is 0 Å². The molecule has 11 heavy (non-hydrogen) atoms. The molecule has 3 heteroatoms. The van der Waals surface area contributed by atoms with Gasteiger partial charge in [-0.1, -0.05) is 19.8 Å². The molecule has 2 atom stereocenters. The minimum absolute atomic E-state index is 0.109. The van der Waals surface area contributed by atoms with Gasteiger partial charge in [0.05, 0.1) is 0 Å². The maximum Gasteiger partial charge on any atom is 0.0444 e. The van der Waals surface area contributed by atoms with Crippen LogP contribution in [0.4, 0.5) is 0 Å². The lowest BCUT2D eigenvalue weighted by atomic mass is 9.81. The topological polar surface area (TPSA) is 52.0 Å². The molecule has 2 unspecified atom stereocenters. The summed E-state index contributed by atoms with van der Waals surface area (Å²) in [7, 11) is 0. The van der Waals surface area contributed by atoms with E-state index in [-0.39, 0.29) is 4.87 Å². The highest BCUT2D eigenvalue weighted by Gasteiger charge is 2.30. The third-order valence-corrected chi connectivity index (χ3v) is 3.14. The summed E-state index contributed by atoms with van der Waals surface area (Å²) in [4.78, 5) is 0.109. The van der Waals surface area contributed by atoms with Gasteiger partial charge in [0.15, 0.2) is 0 Å². The molecular weight excluding hydrogens is 160 g/mol. The van der Waals surface area contributed by atoms with Gasteiger partial charge in [0.1, 0.15) is 0 Å². The summed E-state index contributed by atoms with van der Waals surface area (Å²) >= 11 is 6.22. The maximum absolute atomic E-state index is 6.22. The van der Waals surface area contributed by atoms with E-state index in [1.807, 2.05) is 0 Å². The van der Waals surface area contributed by atoms with E-state index in [2.05, 4.69) is 25.5 Å². The van der Waals surface area contributed by atoms with Gasteiger partial charge >= 0.3 is 0 Å². The molecule has 4 N–H and O–H groups in total. The fourth-order valence-corrected chi connectivity index (χ4v) is 1.71. The highest BCUT2D eigenvalue weighted by Crippen LogP contribution is 2.38. The van der Waals surface area contributed by atoms with Crippen molar-refractivity contribution in [1.82, 2.24) is 0 Å². The summed E-state index contributed by atoms with van der Waals surface area (Å²) in [6.07, 6.45) is 5.23.